The number of aromatic carboxylic acids is 1. The van der Waals surface area contributed by atoms with Gasteiger partial charge in [0.2, 0.25) is 0 Å². The summed E-state index contributed by atoms with van der Waals surface area (Å²) < 4.78 is 8.12. The molecule has 1 N–H and O–H groups in total. The second-order valence-electron chi connectivity index (χ2n) is 5.81. The molecule has 0 unspecified atom stereocenters. The van der Waals surface area contributed by atoms with E-state index in [1.165, 1.54) is 4.52 Å². The summed E-state index contributed by atoms with van der Waals surface area (Å²) in [5.41, 5.74) is 1.39. The Hall–Kier alpha value is -2.93. The first kappa shape index (κ1) is 16.5. The van der Waals surface area contributed by atoms with Crippen LogP contribution in [0, 0.1) is 6.92 Å². The van der Waals surface area contributed by atoms with Crippen molar-refractivity contribution in [3.63, 3.8) is 0 Å². The number of aromatic nitrogens is 3. The van der Waals surface area contributed by atoms with Gasteiger partial charge < -0.3 is 9.84 Å². The van der Waals surface area contributed by atoms with Gasteiger partial charge >= 0.3 is 5.97 Å². The Balaban J connectivity index is 2.00. The Kier molecular flexibility index (Phi) is 4.08. The molecule has 0 aliphatic rings. The molecule has 0 bridgehead atoms. The van der Waals surface area contributed by atoms with E-state index in [2.05, 4.69) is 26.0 Å². The second-order valence-corrected chi connectivity index (χ2v) is 6.67. The molecule has 0 saturated heterocycles. The summed E-state index contributed by atoms with van der Waals surface area (Å²) in [7, 11) is 0. The lowest BCUT2D eigenvalue weighted by molar-refractivity contribution is 0.0682. The number of carbonyl (C=O) groups is 1. The molecular formula is C19H14BrN3O3. The van der Waals surface area contributed by atoms with Gasteiger partial charge in [-0.25, -0.2) is 14.3 Å². The van der Waals surface area contributed by atoms with E-state index in [0.29, 0.717) is 16.9 Å². The zero-order chi connectivity index (χ0) is 18.3. The van der Waals surface area contributed by atoms with Crippen LogP contribution < -0.4 is 4.74 Å². The normalized spacial score (nSPS) is 11.2. The highest BCUT2D eigenvalue weighted by atomic mass is 79.9. The number of ether oxygens (including phenoxy) is 1. The minimum absolute atomic E-state index is 0.0397. The molecule has 0 aliphatic carbocycles. The SMILES string of the molecule is Cc1nc2c3c(Br)cccc3c(OCc3ccccc3)c(C(=O)O)n2n1. The summed E-state index contributed by atoms with van der Waals surface area (Å²) >= 11 is 3.53. The van der Waals surface area contributed by atoms with Gasteiger partial charge in [-0.05, 0) is 18.6 Å². The lowest BCUT2D eigenvalue weighted by atomic mass is 10.1. The maximum absolute atomic E-state index is 12.0. The van der Waals surface area contributed by atoms with Crippen LogP contribution in [-0.2, 0) is 6.61 Å². The fourth-order valence-electron chi connectivity index (χ4n) is 2.96. The Morgan fingerprint density at radius 2 is 1.96 bits per heavy atom. The van der Waals surface area contributed by atoms with Crippen LogP contribution in [0.4, 0.5) is 0 Å². The molecule has 4 rings (SSSR count). The summed E-state index contributed by atoms with van der Waals surface area (Å²) in [5, 5.41) is 15.5. The molecule has 2 aromatic carbocycles. The van der Waals surface area contributed by atoms with E-state index in [-0.39, 0.29) is 18.1 Å². The topological polar surface area (TPSA) is 76.7 Å². The Morgan fingerprint density at radius 1 is 1.19 bits per heavy atom. The standard InChI is InChI=1S/C19H14BrN3O3/c1-11-21-18-15-13(8-5-9-14(15)20)17(16(19(24)25)23(18)22-11)26-10-12-6-3-2-4-7-12/h2-9H,10H2,1H3,(H,24,25). The van der Waals surface area contributed by atoms with E-state index in [0.717, 1.165) is 15.4 Å². The first-order valence-corrected chi connectivity index (χ1v) is 8.73. The van der Waals surface area contributed by atoms with Crippen molar-refractivity contribution in [2.45, 2.75) is 13.5 Å². The maximum atomic E-state index is 12.0. The van der Waals surface area contributed by atoms with Crippen LogP contribution in [0.5, 0.6) is 5.75 Å². The third-order valence-corrected chi connectivity index (χ3v) is 4.71. The van der Waals surface area contributed by atoms with Gasteiger partial charge in [-0.3, -0.25) is 0 Å². The largest absolute Gasteiger partial charge is 0.486 e. The smallest absolute Gasteiger partial charge is 0.358 e. The second kappa shape index (κ2) is 6.42. The van der Waals surface area contributed by atoms with Gasteiger partial charge in [0, 0.05) is 15.2 Å². The fourth-order valence-corrected chi connectivity index (χ4v) is 3.50. The van der Waals surface area contributed by atoms with Crippen LogP contribution >= 0.6 is 15.9 Å². The van der Waals surface area contributed by atoms with Gasteiger partial charge in [0.15, 0.2) is 17.1 Å². The highest BCUT2D eigenvalue weighted by Gasteiger charge is 2.24. The number of carboxylic acids is 1. The van der Waals surface area contributed by atoms with Gasteiger partial charge in [0.05, 0.1) is 0 Å². The van der Waals surface area contributed by atoms with Crippen molar-refractivity contribution >= 4 is 38.3 Å². The summed E-state index contributed by atoms with van der Waals surface area (Å²) in [4.78, 5) is 16.4. The molecule has 130 valence electrons. The molecule has 0 radical (unpaired) electrons. The van der Waals surface area contributed by atoms with Crippen LogP contribution in [0.25, 0.3) is 16.4 Å². The van der Waals surface area contributed by atoms with Crippen LogP contribution in [0.3, 0.4) is 0 Å². The summed E-state index contributed by atoms with van der Waals surface area (Å²) in [6.45, 7) is 1.98. The Labute approximate surface area is 157 Å². The summed E-state index contributed by atoms with van der Waals surface area (Å²) in [6, 6.07) is 15.2. The first-order chi connectivity index (χ1) is 12.6. The third kappa shape index (κ3) is 2.70. The predicted molar refractivity (Wildman–Crippen MR) is 101 cm³/mol. The first-order valence-electron chi connectivity index (χ1n) is 7.94. The zero-order valence-corrected chi connectivity index (χ0v) is 15.4. The number of nitrogens with zero attached hydrogens (tertiary/aromatic N) is 3. The van der Waals surface area contributed by atoms with E-state index in [4.69, 9.17) is 4.74 Å². The van der Waals surface area contributed by atoms with Gasteiger partial charge in [0.1, 0.15) is 12.4 Å². The minimum Gasteiger partial charge on any atom is -0.486 e. The van der Waals surface area contributed by atoms with Crippen molar-refractivity contribution in [1.82, 2.24) is 14.6 Å². The fraction of sp³-hybridized carbons (Fsp3) is 0.105. The Morgan fingerprint density at radius 3 is 2.69 bits per heavy atom. The van der Waals surface area contributed by atoms with Crippen molar-refractivity contribution in [2.24, 2.45) is 0 Å². The number of rotatable bonds is 4. The molecule has 0 fully saturated rings. The van der Waals surface area contributed by atoms with Crippen LogP contribution in [0.1, 0.15) is 21.9 Å². The van der Waals surface area contributed by atoms with Gasteiger partial charge in [-0.1, -0.05) is 58.4 Å². The van der Waals surface area contributed by atoms with Crippen molar-refractivity contribution in [2.75, 3.05) is 0 Å². The molecule has 26 heavy (non-hydrogen) atoms. The van der Waals surface area contributed by atoms with E-state index < -0.39 is 5.97 Å². The van der Waals surface area contributed by atoms with Crippen LogP contribution in [-0.4, -0.2) is 25.7 Å². The van der Waals surface area contributed by atoms with Crippen molar-refractivity contribution in [3.05, 3.63) is 70.1 Å². The van der Waals surface area contributed by atoms with Crippen molar-refractivity contribution in [1.29, 1.82) is 0 Å². The third-order valence-electron chi connectivity index (χ3n) is 4.05. The van der Waals surface area contributed by atoms with E-state index >= 15 is 0 Å². The molecule has 0 spiro atoms. The molecule has 4 aromatic rings. The number of aryl methyl sites for hydroxylation is 1. The minimum atomic E-state index is -1.12. The highest BCUT2D eigenvalue weighted by molar-refractivity contribution is 9.10. The molecule has 7 heteroatoms. The van der Waals surface area contributed by atoms with Crippen LogP contribution in [0.2, 0.25) is 0 Å². The summed E-state index contributed by atoms with van der Waals surface area (Å²) in [6.07, 6.45) is 0. The lowest BCUT2D eigenvalue weighted by Gasteiger charge is -2.14. The molecule has 2 aromatic heterocycles. The predicted octanol–water partition coefficient (Wildman–Crippen LogP) is 4.23. The van der Waals surface area contributed by atoms with Crippen molar-refractivity contribution < 1.29 is 14.6 Å². The quantitative estimate of drug-likeness (QED) is 0.543. The average Bonchev–Trinajstić information content (AvgIpc) is 3.00. The Bertz CT molecular complexity index is 1140. The molecule has 2 heterocycles. The maximum Gasteiger partial charge on any atom is 0.358 e. The number of hydrogen-bond donors (Lipinski definition) is 1. The molecule has 0 saturated carbocycles. The molecule has 0 atom stereocenters. The number of benzene rings is 2. The molecule has 6 nitrogen and oxygen atoms in total. The molecule has 0 aliphatic heterocycles. The van der Waals surface area contributed by atoms with Crippen molar-refractivity contribution in [3.8, 4) is 5.75 Å². The van der Waals surface area contributed by atoms with E-state index in [1.54, 1.807) is 6.92 Å². The van der Waals surface area contributed by atoms with Gasteiger partial charge in [-0.15, -0.1) is 0 Å². The number of fused-ring (bicyclic) bond motifs is 3. The van der Waals surface area contributed by atoms with E-state index in [9.17, 15) is 9.90 Å². The van der Waals surface area contributed by atoms with E-state index in [1.807, 2.05) is 48.5 Å². The number of hydrogen-bond acceptors (Lipinski definition) is 4. The molecular weight excluding hydrogens is 398 g/mol. The van der Waals surface area contributed by atoms with Crippen LogP contribution in [0.15, 0.2) is 53.0 Å². The summed E-state index contributed by atoms with van der Waals surface area (Å²) in [5.74, 6) is -0.357. The molecule has 0 amide bonds. The monoisotopic (exact) mass is 411 g/mol. The average molecular weight is 412 g/mol. The highest BCUT2D eigenvalue weighted by Crippen LogP contribution is 2.37. The zero-order valence-electron chi connectivity index (χ0n) is 13.8. The number of halogens is 1. The number of carboxylic acid groups (broad SMARTS) is 1. The number of pyridine rings is 1. The van der Waals surface area contributed by atoms with Gasteiger partial charge in [-0.2, -0.15) is 5.10 Å². The van der Waals surface area contributed by atoms with Gasteiger partial charge in [0.25, 0.3) is 0 Å². The lowest BCUT2D eigenvalue weighted by Crippen LogP contribution is -2.11.